The Morgan fingerprint density at radius 3 is 2.20 bits per heavy atom. The Bertz CT molecular complexity index is 2320. The number of halogens is 5. The number of carbonyl (C=O) groups excluding carboxylic acids is 4. The van der Waals surface area contributed by atoms with E-state index in [-0.39, 0.29) is 42.0 Å². The maximum Gasteiger partial charge on any atom is 0.433 e. The lowest BCUT2D eigenvalue weighted by Crippen LogP contribution is -2.57. The third-order valence-electron chi connectivity index (χ3n) is 12.3. The maximum absolute atomic E-state index is 15.1. The Balaban J connectivity index is 0.835. The maximum atomic E-state index is 15.1. The van der Waals surface area contributed by atoms with Crippen molar-refractivity contribution in [3.8, 4) is 0 Å². The number of hydrogen-bond acceptors (Lipinski definition) is 9. The number of piperidine rings is 3. The highest BCUT2D eigenvalue weighted by molar-refractivity contribution is 6.04. The number of aliphatic hydroxyl groups is 1. The quantitative estimate of drug-likeness (QED) is 0.155. The van der Waals surface area contributed by atoms with Crippen molar-refractivity contribution in [2.45, 2.75) is 82.2 Å². The molecule has 13 nitrogen and oxygen atoms in total. The summed E-state index contributed by atoms with van der Waals surface area (Å²) in [6, 6.07) is 9.20. The molecular formula is C42H45F5N8O5. The Kier molecular flexibility index (Phi) is 10.9. The van der Waals surface area contributed by atoms with Crippen LogP contribution in [0.25, 0.3) is 10.9 Å². The van der Waals surface area contributed by atoms with Crippen LogP contribution < -0.4 is 15.5 Å². The van der Waals surface area contributed by atoms with Gasteiger partial charge in [0.25, 0.3) is 5.91 Å². The topological polar surface area (TPSA) is 153 Å². The highest BCUT2D eigenvalue weighted by Crippen LogP contribution is 2.37. The first kappa shape index (κ1) is 41.3. The zero-order chi connectivity index (χ0) is 42.7. The molecular weight excluding hydrogens is 792 g/mol. The van der Waals surface area contributed by atoms with Crippen molar-refractivity contribution in [2.75, 3.05) is 49.5 Å². The number of amides is 4. The van der Waals surface area contributed by atoms with Crippen LogP contribution in [-0.2, 0) is 26.2 Å². The molecule has 4 fully saturated rings. The first-order valence-electron chi connectivity index (χ1n) is 20.1. The van der Waals surface area contributed by atoms with Gasteiger partial charge in [-0.05, 0) is 82.3 Å². The fraction of sp³-hybridized carbons (Fsp3) is 0.476. The normalized spacial score (nSPS) is 20.4. The van der Waals surface area contributed by atoms with Gasteiger partial charge in [-0.25, -0.2) is 13.8 Å². The number of likely N-dealkylation sites (tertiary alicyclic amines) is 2. The van der Waals surface area contributed by atoms with Gasteiger partial charge in [0.05, 0.1) is 29.0 Å². The van der Waals surface area contributed by atoms with E-state index in [0.717, 1.165) is 50.9 Å². The molecule has 1 atom stereocenters. The predicted molar refractivity (Wildman–Crippen MR) is 209 cm³/mol. The molecule has 2 aromatic carbocycles. The molecule has 3 N–H and O–H groups in total. The van der Waals surface area contributed by atoms with E-state index in [2.05, 4.69) is 20.5 Å². The number of anilines is 2. The van der Waals surface area contributed by atoms with E-state index in [1.54, 1.807) is 30.9 Å². The third-order valence-corrected chi connectivity index (χ3v) is 12.3. The predicted octanol–water partition coefficient (Wildman–Crippen LogP) is 5.49. The van der Waals surface area contributed by atoms with E-state index in [1.165, 1.54) is 18.2 Å². The monoisotopic (exact) mass is 836 g/mol. The van der Waals surface area contributed by atoms with Gasteiger partial charge in [0, 0.05) is 85.8 Å². The second-order valence-corrected chi connectivity index (χ2v) is 16.7. The van der Waals surface area contributed by atoms with Crippen LogP contribution in [0.1, 0.15) is 91.6 Å². The molecule has 4 saturated heterocycles. The second-order valence-electron chi connectivity index (χ2n) is 16.7. The van der Waals surface area contributed by atoms with Gasteiger partial charge >= 0.3 is 6.18 Å². The second kappa shape index (κ2) is 15.8. The van der Waals surface area contributed by atoms with Gasteiger partial charge in [0.1, 0.15) is 23.0 Å². The zero-order valence-corrected chi connectivity index (χ0v) is 33.1. The molecule has 60 heavy (non-hydrogen) atoms. The minimum absolute atomic E-state index is 0.00802. The van der Waals surface area contributed by atoms with Crippen molar-refractivity contribution in [3.63, 3.8) is 0 Å². The SMILES string of the molecule is CC(C)(O)c1cc2nn(C3CCN(C4CCN(C(=O)C5CN(c6cc(F)c([C@H]7CCC(=O)NC7=O)c(F)c6)C5)CC4)CC3)cc2cc1NC(=O)c1cccc(C(F)(F)F)n1. The van der Waals surface area contributed by atoms with Gasteiger partial charge in [0.2, 0.25) is 17.7 Å². The zero-order valence-electron chi connectivity index (χ0n) is 33.1. The van der Waals surface area contributed by atoms with E-state index in [9.17, 15) is 37.5 Å². The first-order chi connectivity index (χ1) is 28.4. The number of aromatic nitrogens is 3. The van der Waals surface area contributed by atoms with E-state index in [0.29, 0.717) is 54.4 Å². The Hall–Kier alpha value is -5.49. The van der Waals surface area contributed by atoms with E-state index in [1.807, 2.05) is 15.8 Å². The smallest absolute Gasteiger partial charge is 0.386 e. The van der Waals surface area contributed by atoms with Crippen molar-refractivity contribution in [2.24, 2.45) is 5.92 Å². The van der Waals surface area contributed by atoms with E-state index in [4.69, 9.17) is 5.10 Å². The van der Waals surface area contributed by atoms with Crippen LogP contribution >= 0.6 is 0 Å². The lowest BCUT2D eigenvalue weighted by atomic mass is 9.89. The summed E-state index contributed by atoms with van der Waals surface area (Å²) in [7, 11) is 0. The molecule has 6 heterocycles. The number of nitrogens with zero attached hydrogens (tertiary/aromatic N) is 6. The van der Waals surface area contributed by atoms with E-state index >= 15 is 8.78 Å². The number of alkyl halides is 3. The molecule has 4 amide bonds. The molecule has 4 aliphatic heterocycles. The van der Waals surface area contributed by atoms with Crippen molar-refractivity contribution >= 4 is 45.9 Å². The third kappa shape index (κ3) is 8.31. The number of hydrogen-bond donors (Lipinski definition) is 3. The number of imide groups is 1. The highest BCUT2D eigenvalue weighted by Gasteiger charge is 2.40. The van der Waals surface area contributed by atoms with Crippen molar-refractivity contribution in [1.82, 2.24) is 29.9 Å². The Morgan fingerprint density at radius 1 is 0.900 bits per heavy atom. The fourth-order valence-corrected chi connectivity index (χ4v) is 8.92. The highest BCUT2D eigenvalue weighted by atomic mass is 19.4. The molecule has 18 heteroatoms. The van der Waals surface area contributed by atoms with Crippen LogP contribution in [0.4, 0.5) is 33.3 Å². The summed E-state index contributed by atoms with van der Waals surface area (Å²) >= 11 is 0. The van der Waals surface area contributed by atoms with Gasteiger partial charge in [-0.2, -0.15) is 18.3 Å². The standard InChI is InChI=1S/C42H45F5N8O5/c1-41(2,60)29-19-33-23(16-34(29)49-39(58)32-4-3-5-35(48-32)42(45,46)47)22-55(51-33)26-10-12-52(13-11-26)25-8-14-53(15-9-25)40(59)24-20-54(21-24)27-17-30(43)37(31(44)18-27)28-6-7-36(56)50-38(28)57/h3-5,16-19,22,24-26,28,60H,6-15,20-21H2,1-2H3,(H,49,58)(H,50,56,57)/t28-/m1/s1. The van der Waals surface area contributed by atoms with Crippen LogP contribution in [0.3, 0.4) is 0 Å². The molecule has 0 radical (unpaired) electrons. The lowest BCUT2D eigenvalue weighted by molar-refractivity contribution is -0.141. The van der Waals surface area contributed by atoms with Gasteiger partial charge in [-0.3, -0.25) is 29.2 Å². The van der Waals surface area contributed by atoms with E-state index < -0.39 is 58.4 Å². The first-order valence-corrected chi connectivity index (χ1v) is 20.1. The van der Waals surface area contributed by atoms with Gasteiger partial charge in [0.15, 0.2) is 0 Å². The fourth-order valence-electron chi connectivity index (χ4n) is 8.92. The number of benzene rings is 2. The molecule has 2 aromatic heterocycles. The van der Waals surface area contributed by atoms with Crippen LogP contribution in [0, 0.1) is 17.6 Å². The van der Waals surface area contributed by atoms with Gasteiger partial charge in [-0.15, -0.1) is 0 Å². The molecule has 0 unspecified atom stereocenters. The lowest BCUT2D eigenvalue weighted by Gasteiger charge is -2.45. The van der Waals surface area contributed by atoms with Crippen LogP contribution in [-0.4, -0.2) is 98.6 Å². The van der Waals surface area contributed by atoms with Crippen LogP contribution in [0.5, 0.6) is 0 Å². The number of carbonyl (C=O) groups is 4. The number of nitrogens with one attached hydrogen (secondary N) is 2. The van der Waals surface area contributed by atoms with Gasteiger partial charge < -0.3 is 25.1 Å². The number of pyridine rings is 1. The Morgan fingerprint density at radius 2 is 1.57 bits per heavy atom. The molecule has 318 valence electrons. The summed E-state index contributed by atoms with van der Waals surface area (Å²) in [4.78, 5) is 59.7. The number of fused-ring (bicyclic) bond motifs is 1. The Labute approximate surface area is 341 Å². The minimum atomic E-state index is -4.71. The summed E-state index contributed by atoms with van der Waals surface area (Å²) in [6.45, 7) is 6.63. The largest absolute Gasteiger partial charge is 0.433 e. The summed E-state index contributed by atoms with van der Waals surface area (Å²) < 4.78 is 71.8. The summed E-state index contributed by atoms with van der Waals surface area (Å²) in [5, 5.41) is 21.2. The van der Waals surface area contributed by atoms with Gasteiger partial charge in [-0.1, -0.05) is 6.07 Å². The van der Waals surface area contributed by atoms with Crippen molar-refractivity contribution < 1.29 is 46.2 Å². The molecule has 4 aromatic rings. The molecule has 8 rings (SSSR count). The average molecular weight is 837 g/mol. The molecule has 0 aliphatic carbocycles. The number of rotatable bonds is 8. The average Bonchev–Trinajstić information content (AvgIpc) is 3.60. The summed E-state index contributed by atoms with van der Waals surface area (Å²) in [5.74, 6) is -5.07. The van der Waals surface area contributed by atoms with Crippen molar-refractivity contribution in [3.05, 3.63) is 82.8 Å². The summed E-state index contributed by atoms with van der Waals surface area (Å²) in [6.07, 6.45) is 0.489. The van der Waals surface area contributed by atoms with Crippen LogP contribution in [0.15, 0.2) is 48.7 Å². The van der Waals surface area contributed by atoms with Crippen LogP contribution in [0.2, 0.25) is 0 Å². The molecule has 4 aliphatic rings. The minimum Gasteiger partial charge on any atom is -0.386 e. The molecule has 0 saturated carbocycles. The molecule has 0 spiro atoms. The summed E-state index contributed by atoms with van der Waals surface area (Å²) in [5.41, 5.74) is -1.88. The van der Waals surface area contributed by atoms with Crippen molar-refractivity contribution in [1.29, 1.82) is 0 Å². The molecule has 0 bridgehead atoms.